The van der Waals surface area contributed by atoms with Crippen molar-refractivity contribution in [2.75, 3.05) is 12.0 Å². The average molecular weight is 719 g/mol. The number of aryl methyl sites for hydroxylation is 1. The molecule has 0 unspecified atom stereocenters. The van der Waals surface area contributed by atoms with E-state index in [0.29, 0.717) is 6.26 Å². The Bertz CT molecular complexity index is 1360. The zero-order valence-electron chi connectivity index (χ0n) is 24.2. The number of carbonyl (C=O) groups is 5. The predicted octanol–water partition coefficient (Wildman–Crippen LogP) is -1.13. The highest BCUT2D eigenvalue weighted by molar-refractivity contribution is 7.86. The van der Waals surface area contributed by atoms with Crippen LogP contribution in [0.15, 0.2) is 29.2 Å². The van der Waals surface area contributed by atoms with Gasteiger partial charge < -0.3 is 37.0 Å². The smallest absolute Gasteiger partial charge is 0.321 e. The van der Waals surface area contributed by atoms with E-state index in [9.17, 15) is 44.4 Å². The predicted molar refractivity (Wildman–Crippen MR) is 154 cm³/mol. The number of hydrogen-bond donors (Lipinski definition) is 10. The van der Waals surface area contributed by atoms with Gasteiger partial charge in [-0.1, -0.05) is 17.7 Å². The molecule has 0 amide bonds. The molecule has 0 saturated heterocycles. The molecule has 0 saturated carbocycles. The summed E-state index contributed by atoms with van der Waals surface area (Å²) in [6, 6.07) is 3.64. The van der Waals surface area contributed by atoms with Gasteiger partial charge in [0, 0.05) is 13.3 Å². The second-order valence-electron chi connectivity index (χ2n) is 7.83. The van der Waals surface area contributed by atoms with Crippen molar-refractivity contribution in [3.8, 4) is 0 Å². The molecule has 12 N–H and O–H groups in total. The van der Waals surface area contributed by atoms with Gasteiger partial charge in [-0.05, 0) is 32.4 Å². The minimum atomic E-state index is -4.02. The number of carboxylic acid groups (broad SMARTS) is 5. The molecule has 0 heterocycles. The summed E-state index contributed by atoms with van der Waals surface area (Å²) in [5, 5.41) is 39.7. The van der Waals surface area contributed by atoms with E-state index < -0.39 is 78.7 Å². The molecule has 0 bridgehead atoms. The van der Waals surface area contributed by atoms with Crippen molar-refractivity contribution in [1.29, 1.82) is 0 Å². The maximum absolute atomic E-state index is 10.5. The van der Waals surface area contributed by atoms with Crippen LogP contribution in [0.25, 0.3) is 0 Å². The molecular weight excluding hydrogens is 680 g/mol. The minimum Gasteiger partial charge on any atom is -0.481 e. The molecule has 0 radical (unpaired) electrons. The first-order valence-electron chi connectivity index (χ1n) is 11.4. The third-order valence-corrected chi connectivity index (χ3v) is 4.98. The molecule has 24 heteroatoms. The number of aliphatic carboxylic acids is 5. The van der Waals surface area contributed by atoms with Gasteiger partial charge in [0.15, 0.2) is 0 Å². The zero-order chi connectivity index (χ0) is 37.4. The highest BCUT2D eigenvalue weighted by Gasteiger charge is 2.14. The lowest BCUT2D eigenvalue weighted by atomic mass is 10.2. The Morgan fingerprint density at radius 1 is 0.733 bits per heavy atom. The van der Waals surface area contributed by atoms with Crippen LogP contribution in [0.2, 0.25) is 0 Å². The lowest BCUT2D eigenvalue weighted by Crippen LogP contribution is -2.32. The lowest BCUT2D eigenvalue weighted by molar-refractivity contribution is -0.144. The van der Waals surface area contributed by atoms with Crippen LogP contribution in [-0.2, 0) is 54.3 Å². The summed E-state index contributed by atoms with van der Waals surface area (Å²) in [4.78, 5) is 48.4. The van der Waals surface area contributed by atoms with E-state index in [2.05, 4.69) is 0 Å². The number of carboxylic acids is 5. The van der Waals surface area contributed by atoms with Crippen LogP contribution < -0.4 is 11.5 Å². The highest BCUT2D eigenvalue weighted by atomic mass is 32.2. The van der Waals surface area contributed by atoms with Gasteiger partial charge in [0.1, 0.15) is 12.1 Å². The first kappa shape index (κ1) is 50.8. The fourth-order valence-electron chi connectivity index (χ4n) is 1.39. The Morgan fingerprint density at radius 3 is 1.22 bits per heavy atom. The summed E-state index contributed by atoms with van der Waals surface area (Å²) >= 11 is 0. The van der Waals surface area contributed by atoms with Gasteiger partial charge in [-0.15, -0.1) is 0 Å². The Kier molecular flexibility index (Phi) is 28.8. The third kappa shape index (κ3) is 56.6. The van der Waals surface area contributed by atoms with E-state index >= 15 is 0 Å². The van der Waals surface area contributed by atoms with Gasteiger partial charge in [-0.3, -0.25) is 37.6 Å². The van der Waals surface area contributed by atoms with Crippen molar-refractivity contribution >= 4 is 60.2 Å². The van der Waals surface area contributed by atoms with E-state index in [4.69, 9.17) is 55.5 Å². The minimum absolute atomic E-state index is 0.0231. The van der Waals surface area contributed by atoms with Crippen LogP contribution in [0.1, 0.15) is 38.7 Å². The number of benzene rings is 1. The normalized spacial score (nSPS) is 11.5. The highest BCUT2D eigenvalue weighted by Crippen LogP contribution is 2.08. The molecular formula is C21H38N2O19S3. The summed E-state index contributed by atoms with van der Waals surface area (Å²) in [6.07, 6.45) is -0.0412. The van der Waals surface area contributed by atoms with Gasteiger partial charge in [0.2, 0.25) is 0 Å². The van der Waals surface area contributed by atoms with Crippen LogP contribution in [0.5, 0.6) is 0 Å². The van der Waals surface area contributed by atoms with E-state index in [1.54, 1.807) is 12.1 Å². The van der Waals surface area contributed by atoms with Crippen molar-refractivity contribution in [1.82, 2.24) is 0 Å². The number of hydrogen-bond acceptors (Lipinski definition) is 13. The van der Waals surface area contributed by atoms with E-state index in [1.807, 2.05) is 6.92 Å². The van der Waals surface area contributed by atoms with Gasteiger partial charge in [0.25, 0.3) is 36.3 Å². The molecule has 0 spiro atoms. The van der Waals surface area contributed by atoms with Crippen molar-refractivity contribution in [2.45, 2.75) is 57.0 Å². The maximum atomic E-state index is 10.5. The van der Waals surface area contributed by atoms with Crippen LogP contribution >= 0.6 is 0 Å². The summed E-state index contributed by atoms with van der Waals surface area (Å²) in [6.45, 7) is 4.29. The summed E-state index contributed by atoms with van der Waals surface area (Å²) in [5.74, 6) is -5.73. The van der Waals surface area contributed by atoms with Crippen LogP contribution in [0.3, 0.4) is 0 Å². The fourth-order valence-corrected chi connectivity index (χ4v) is 1.87. The molecule has 0 fully saturated rings. The second-order valence-corrected chi connectivity index (χ2v) is 12.5. The maximum Gasteiger partial charge on any atom is 0.321 e. The van der Waals surface area contributed by atoms with Crippen molar-refractivity contribution in [3.05, 3.63) is 29.8 Å². The van der Waals surface area contributed by atoms with Gasteiger partial charge in [-0.25, -0.2) is 0 Å². The van der Waals surface area contributed by atoms with Crippen molar-refractivity contribution in [3.63, 3.8) is 0 Å². The lowest BCUT2D eigenvalue weighted by Gasteiger charge is -2.01. The summed E-state index contributed by atoms with van der Waals surface area (Å²) in [7, 11) is -11.3. The molecule has 264 valence electrons. The molecule has 21 nitrogen and oxygen atoms in total. The quantitative estimate of drug-likeness (QED) is 0.135. The number of nitrogens with two attached hydrogens (primary N) is 2. The molecule has 1 aromatic rings. The van der Waals surface area contributed by atoms with Gasteiger partial charge >= 0.3 is 23.9 Å². The molecule has 0 aliphatic carbocycles. The second kappa shape index (κ2) is 25.5. The Balaban J connectivity index is -0.000000147. The van der Waals surface area contributed by atoms with Crippen molar-refractivity contribution < 1.29 is 88.4 Å². The number of rotatable bonds is 9. The molecule has 1 rings (SSSR count). The molecule has 1 aromatic carbocycles. The average Bonchev–Trinajstić information content (AvgIpc) is 2.81. The molecule has 45 heavy (non-hydrogen) atoms. The molecule has 0 aliphatic heterocycles. The Morgan fingerprint density at radius 2 is 1.04 bits per heavy atom. The van der Waals surface area contributed by atoms with Crippen LogP contribution in [0.4, 0.5) is 0 Å². The molecule has 0 aliphatic rings. The van der Waals surface area contributed by atoms with Crippen molar-refractivity contribution in [2.24, 2.45) is 11.5 Å². The first-order valence-corrected chi connectivity index (χ1v) is 16.3. The molecule has 2 atom stereocenters. The van der Waals surface area contributed by atoms with E-state index in [1.165, 1.54) is 19.1 Å². The van der Waals surface area contributed by atoms with Gasteiger partial charge in [0.05, 0.1) is 23.3 Å². The topological polar surface area (TPSA) is 402 Å². The monoisotopic (exact) mass is 718 g/mol. The summed E-state index contributed by atoms with van der Waals surface area (Å²) < 4.78 is 82.3. The molecule has 0 aromatic heterocycles. The Labute approximate surface area is 258 Å². The standard InChI is InChI=1S/C7H8O3S.C5H9NO4.C4H7NO4.C2H6O3S.C2H4O2.CH4O3S/c1-6-2-4-7(5-3-6)11(8,9)10;6-3(5(9)10)1-2-4(7)8;5-2(4(8)9)1-3(6)7;1-2-6(3,4)5;1-2(3)4;1-5(2,3)4/h2-5H,1H3,(H,8,9,10);3H,1-2,6H2,(H,7,8)(H,9,10);2H,1,5H2,(H,6,7)(H,8,9);2H2,1H3,(H,3,4,5);1H3,(H,3,4);1H3,(H,2,3,4)/t;3-;2-;;;/m.00.../s1. The van der Waals surface area contributed by atoms with Crippen LogP contribution in [-0.4, -0.2) is 118 Å². The van der Waals surface area contributed by atoms with Crippen LogP contribution in [0, 0.1) is 6.92 Å². The SMILES string of the molecule is CC(=O)O.CCS(=O)(=O)O.CS(=O)(=O)O.Cc1ccc(S(=O)(=O)O)cc1.N[C@@H](CC(=O)O)C(=O)O.N[C@@H](CCC(=O)O)C(=O)O. The largest absolute Gasteiger partial charge is 0.481 e. The van der Waals surface area contributed by atoms with Gasteiger partial charge in [-0.2, -0.15) is 25.3 Å². The fraction of sp³-hybridized carbons (Fsp3) is 0.476. The van der Waals surface area contributed by atoms with E-state index in [0.717, 1.165) is 12.5 Å². The third-order valence-electron chi connectivity index (χ3n) is 3.38. The first-order chi connectivity index (χ1) is 19.9. The van der Waals surface area contributed by atoms with E-state index in [-0.39, 0.29) is 23.5 Å². The summed E-state index contributed by atoms with van der Waals surface area (Å²) in [5.41, 5.74) is 10.8. The zero-order valence-corrected chi connectivity index (χ0v) is 26.7. The Hall–Kier alpha value is -3.78.